The first kappa shape index (κ1) is 18.8. The van der Waals surface area contributed by atoms with E-state index in [4.69, 9.17) is 0 Å². The number of anilines is 2. The molecule has 1 saturated heterocycles. The predicted octanol–water partition coefficient (Wildman–Crippen LogP) is 3.95. The fraction of sp³-hybridized carbons (Fsp3) is 0.278. The van der Waals surface area contributed by atoms with Crippen LogP contribution in [0.25, 0.3) is 0 Å². The molecule has 2 aromatic rings. The van der Waals surface area contributed by atoms with Crippen molar-refractivity contribution in [3.8, 4) is 0 Å². The summed E-state index contributed by atoms with van der Waals surface area (Å²) in [5.74, 6) is -1.55. The van der Waals surface area contributed by atoms with Crippen molar-refractivity contribution in [2.45, 2.75) is 10.7 Å². The molecule has 0 aliphatic carbocycles. The molecule has 0 spiro atoms. The molecular formula is C18H18F2N2O2S2. The maximum atomic E-state index is 12.8. The summed E-state index contributed by atoms with van der Waals surface area (Å²) in [6.45, 7) is 0.971. The minimum Gasteiger partial charge on any atom is -0.355 e. The first-order valence-electron chi connectivity index (χ1n) is 8.08. The number of hydrogen-bond donors (Lipinski definition) is 1. The van der Waals surface area contributed by atoms with Gasteiger partial charge in [0.15, 0.2) is 0 Å². The highest BCUT2D eigenvalue weighted by Crippen LogP contribution is 2.28. The lowest BCUT2D eigenvalue weighted by molar-refractivity contribution is 0.0772. The molecule has 0 radical (unpaired) electrons. The van der Waals surface area contributed by atoms with Gasteiger partial charge in [-0.3, -0.25) is 9.00 Å². The lowest BCUT2D eigenvalue weighted by Gasteiger charge is -2.27. The average molecular weight is 396 g/mol. The monoisotopic (exact) mass is 396 g/mol. The highest BCUT2D eigenvalue weighted by molar-refractivity contribution is 7.99. The Morgan fingerprint density at radius 1 is 1.08 bits per heavy atom. The number of nitrogens with zero attached hydrogens (tertiary/aromatic N) is 1. The molecule has 1 N–H and O–H groups in total. The number of hydrogen-bond acceptors (Lipinski definition) is 4. The number of thioether (sulfide) groups is 1. The van der Waals surface area contributed by atoms with Crippen LogP contribution in [0, 0.1) is 0 Å². The van der Waals surface area contributed by atoms with Crippen LogP contribution in [0.4, 0.5) is 20.2 Å². The predicted molar refractivity (Wildman–Crippen MR) is 102 cm³/mol. The molecule has 1 heterocycles. The topological polar surface area (TPSA) is 49.4 Å². The van der Waals surface area contributed by atoms with Gasteiger partial charge in [0.05, 0.1) is 11.3 Å². The van der Waals surface area contributed by atoms with Crippen LogP contribution in [0.1, 0.15) is 10.4 Å². The van der Waals surface area contributed by atoms with Crippen LogP contribution >= 0.6 is 11.8 Å². The first-order valence-corrected chi connectivity index (χ1v) is 10.4. The number of benzene rings is 2. The molecule has 0 bridgehead atoms. The maximum Gasteiger partial charge on any atom is 0.288 e. The third-order valence-corrected chi connectivity index (χ3v) is 5.98. The standard InChI is InChI=1S/C18H18F2N2O2S2/c19-18(20)25-14-7-5-13(6-8-14)21-16-4-2-1-3-15(16)17(23)22-9-11-26(24)12-10-22/h1-8,18,21H,9-12H2. The lowest BCUT2D eigenvalue weighted by Crippen LogP contribution is -2.41. The molecule has 8 heteroatoms. The molecule has 0 aromatic heterocycles. The highest BCUT2D eigenvalue weighted by atomic mass is 32.2. The Morgan fingerprint density at radius 2 is 1.73 bits per heavy atom. The normalized spacial score (nSPS) is 15.3. The van der Waals surface area contributed by atoms with E-state index < -0.39 is 16.6 Å². The Hall–Kier alpha value is -1.93. The third kappa shape index (κ3) is 4.82. The van der Waals surface area contributed by atoms with E-state index in [2.05, 4.69) is 5.32 Å². The van der Waals surface area contributed by atoms with E-state index >= 15 is 0 Å². The number of para-hydroxylation sites is 1. The molecule has 0 atom stereocenters. The largest absolute Gasteiger partial charge is 0.355 e. The van der Waals surface area contributed by atoms with E-state index in [1.165, 1.54) is 0 Å². The smallest absolute Gasteiger partial charge is 0.288 e. The minimum absolute atomic E-state index is 0.102. The second-order valence-corrected chi connectivity index (χ2v) is 8.47. The van der Waals surface area contributed by atoms with E-state index in [1.807, 2.05) is 6.07 Å². The summed E-state index contributed by atoms with van der Waals surface area (Å²) >= 11 is 0.494. The van der Waals surface area contributed by atoms with Crippen molar-refractivity contribution in [3.63, 3.8) is 0 Å². The van der Waals surface area contributed by atoms with Crippen LogP contribution in [0.5, 0.6) is 0 Å². The second kappa shape index (κ2) is 8.64. The zero-order valence-electron chi connectivity index (χ0n) is 13.9. The van der Waals surface area contributed by atoms with Gasteiger partial charge in [0.1, 0.15) is 0 Å². The molecular weight excluding hydrogens is 378 g/mol. The molecule has 1 aliphatic heterocycles. The van der Waals surface area contributed by atoms with Gasteiger partial charge in [0.2, 0.25) is 0 Å². The molecule has 1 fully saturated rings. The van der Waals surface area contributed by atoms with Gasteiger partial charge in [-0.2, -0.15) is 8.78 Å². The summed E-state index contributed by atoms with van der Waals surface area (Å²) < 4.78 is 36.3. The van der Waals surface area contributed by atoms with Crippen molar-refractivity contribution >= 4 is 39.8 Å². The van der Waals surface area contributed by atoms with Crippen molar-refractivity contribution in [2.75, 3.05) is 29.9 Å². The molecule has 0 unspecified atom stereocenters. The van der Waals surface area contributed by atoms with Crippen molar-refractivity contribution in [3.05, 3.63) is 54.1 Å². The number of alkyl halides is 2. The van der Waals surface area contributed by atoms with Crippen molar-refractivity contribution in [2.24, 2.45) is 0 Å². The van der Waals surface area contributed by atoms with Gasteiger partial charge in [-0.1, -0.05) is 23.9 Å². The van der Waals surface area contributed by atoms with E-state index in [-0.39, 0.29) is 5.91 Å². The van der Waals surface area contributed by atoms with E-state index in [0.29, 0.717) is 58.2 Å². The SMILES string of the molecule is O=C(c1ccccc1Nc1ccc(SC(F)F)cc1)N1CCS(=O)CC1. The van der Waals surface area contributed by atoms with Gasteiger partial charge in [0.25, 0.3) is 11.7 Å². The van der Waals surface area contributed by atoms with Crippen molar-refractivity contribution in [1.82, 2.24) is 4.90 Å². The van der Waals surface area contributed by atoms with Gasteiger partial charge in [-0.25, -0.2) is 0 Å². The fourth-order valence-corrected chi connectivity index (χ4v) is 4.22. The van der Waals surface area contributed by atoms with Crippen molar-refractivity contribution in [1.29, 1.82) is 0 Å². The molecule has 0 saturated carbocycles. The summed E-state index contributed by atoms with van der Waals surface area (Å²) in [4.78, 5) is 15.0. The minimum atomic E-state index is -2.45. The average Bonchev–Trinajstić information content (AvgIpc) is 2.63. The van der Waals surface area contributed by atoms with Crippen LogP contribution in [-0.4, -0.2) is 45.4 Å². The van der Waals surface area contributed by atoms with Crippen LogP contribution in [0.3, 0.4) is 0 Å². The number of halogens is 2. The molecule has 3 rings (SSSR count). The van der Waals surface area contributed by atoms with E-state index in [1.54, 1.807) is 47.4 Å². The lowest BCUT2D eigenvalue weighted by atomic mass is 10.1. The van der Waals surface area contributed by atoms with Crippen LogP contribution in [-0.2, 0) is 10.8 Å². The quantitative estimate of drug-likeness (QED) is 0.778. The Labute approximate surface area is 157 Å². The molecule has 138 valence electrons. The number of carbonyl (C=O) groups is 1. The summed E-state index contributed by atoms with van der Waals surface area (Å²) in [6, 6.07) is 13.8. The molecule has 26 heavy (non-hydrogen) atoms. The Morgan fingerprint density at radius 3 is 2.38 bits per heavy atom. The summed E-state index contributed by atoms with van der Waals surface area (Å²) in [5.41, 5.74) is 1.90. The van der Waals surface area contributed by atoms with Gasteiger partial charge in [-0.15, -0.1) is 0 Å². The van der Waals surface area contributed by atoms with E-state index in [0.717, 1.165) is 0 Å². The van der Waals surface area contributed by atoms with Gasteiger partial charge >= 0.3 is 0 Å². The summed E-state index contributed by atoms with van der Waals surface area (Å²) in [6.07, 6.45) is 0. The first-order chi connectivity index (χ1) is 12.5. The summed E-state index contributed by atoms with van der Waals surface area (Å²) in [5, 5.41) is 3.18. The fourth-order valence-electron chi connectivity index (χ4n) is 2.67. The van der Waals surface area contributed by atoms with Crippen LogP contribution in [0.15, 0.2) is 53.4 Å². The second-order valence-electron chi connectivity index (χ2n) is 5.71. The zero-order valence-corrected chi connectivity index (χ0v) is 15.5. The number of nitrogens with one attached hydrogen (secondary N) is 1. The Kier molecular flexibility index (Phi) is 6.26. The van der Waals surface area contributed by atoms with Gasteiger partial charge in [-0.05, 0) is 36.4 Å². The van der Waals surface area contributed by atoms with Gasteiger partial charge in [0, 0.05) is 46.0 Å². The van der Waals surface area contributed by atoms with Crippen LogP contribution < -0.4 is 5.32 Å². The maximum absolute atomic E-state index is 12.8. The Balaban J connectivity index is 1.74. The Bertz CT molecular complexity index is 790. The summed E-state index contributed by atoms with van der Waals surface area (Å²) in [7, 11) is -0.842. The molecule has 2 aromatic carbocycles. The van der Waals surface area contributed by atoms with Gasteiger partial charge < -0.3 is 10.2 Å². The van der Waals surface area contributed by atoms with E-state index in [9.17, 15) is 17.8 Å². The highest BCUT2D eigenvalue weighted by Gasteiger charge is 2.23. The third-order valence-electron chi connectivity index (χ3n) is 3.98. The van der Waals surface area contributed by atoms with Crippen molar-refractivity contribution < 1.29 is 17.8 Å². The van der Waals surface area contributed by atoms with Crippen LogP contribution in [0.2, 0.25) is 0 Å². The number of carbonyl (C=O) groups excluding carboxylic acids is 1. The number of rotatable bonds is 5. The zero-order chi connectivity index (χ0) is 18.5. The number of amides is 1. The molecule has 1 amide bonds. The molecule has 1 aliphatic rings. The molecule has 4 nitrogen and oxygen atoms in total.